The molecular formula is C14H27N3O2. The topological polar surface area (TPSA) is 49.6 Å². The van der Waals surface area contributed by atoms with Gasteiger partial charge in [0.15, 0.2) is 0 Å². The molecule has 0 aromatic rings. The van der Waals surface area contributed by atoms with Crippen molar-refractivity contribution in [3.8, 4) is 0 Å². The maximum absolute atomic E-state index is 10.7. The van der Waals surface area contributed by atoms with E-state index in [1.165, 1.54) is 25.9 Å². The third-order valence-corrected chi connectivity index (χ3v) is 4.92. The Bertz CT molecular complexity index is 293. The van der Waals surface area contributed by atoms with E-state index in [1.807, 2.05) is 0 Å². The molecular weight excluding hydrogens is 242 g/mol. The van der Waals surface area contributed by atoms with Gasteiger partial charge in [0.2, 0.25) is 6.04 Å². The lowest BCUT2D eigenvalue weighted by atomic mass is 9.85. The predicted octanol–water partition coefficient (Wildman–Crippen LogP) is 1.85. The van der Waals surface area contributed by atoms with Crippen molar-refractivity contribution in [3.05, 3.63) is 10.1 Å². The average Bonchev–Trinajstić information content (AvgIpc) is 2.40. The Hall–Kier alpha value is -0.680. The highest BCUT2D eigenvalue weighted by Crippen LogP contribution is 2.27. The molecule has 2 aliphatic rings. The quantitative estimate of drug-likeness (QED) is 0.577. The van der Waals surface area contributed by atoms with Gasteiger partial charge in [0, 0.05) is 30.4 Å². The Labute approximate surface area is 116 Å². The van der Waals surface area contributed by atoms with E-state index in [0.29, 0.717) is 5.92 Å². The molecule has 0 radical (unpaired) electrons. The second-order valence-electron chi connectivity index (χ2n) is 6.46. The largest absolute Gasteiger partial charge is 0.306 e. The summed E-state index contributed by atoms with van der Waals surface area (Å²) >= 11 is 0. The normalized spacial score (nSPS) is 30.7. The van der Waals surface area contributed by atoms with Crippen LogP contribution in [0.2, 0.25) is 0 Å². The lowest BCUT2D eigenvalue weighted by Gasteiger charge is -2.37. The molecule has 0 aromatic heterocycles. The van der Waals surface area contributed by atoms with Gasteiger partial charge in [-0.1, -0.05) is 0 Å². The smallest absolute Gasteiger partial charge is 0.213 e. The zero-order chi connectivity index (χ0) is 13.8. The summed E-state index contributed by atoms with van der Waals surface area (Å²) in [6.45, 7) is 3.54. The van der Waals surface area contributed by atoms with E-state index < -0.39 is 0 Å². The van der Waals surface area contributed by atoms with E-state index in [1.54, 1.807) is 0 Å². The first-order chi connectivity index (χ1) is 9.06. The Morgan fingerprint density at radius 3 is 2.16 bits per heavy atom. The van der Waals surface area contributed by atoms with Gasteiger partial charge in [0.25, 0.3) is 0 Å². The molecule has 2 rings (SSSR count). The molecule has 0 atom stereocenters. The van der Waals surface area contributed by atoms with Crippen LogP contribution in [0.5, 0.6) is 0 Å². The Morgan fingerprint density at radius 1 is 1.11 bits per heavy atom. The molecule has 0 amide bonds. The molecule has 5 heteroatoms. The standard InChI is InChI=1S/C14H27N3O2/c1-15(2)13-7-9-16(10-8-13)11-12-3-5-14(6-4-12)17(18)19/h12-14H,3-11H2,1-2H3. The summed E-state index contributed by atoms with van der Waals surface area (Å²) in [4.78, 5) is 15.6. The third kappa shape index (κ3) is 4.14. The van der Waals surface area contributed by atoms with Crippen LogP contribution in [-0.4, -0.2) is 60.5 Å². The maximum Gasteiger partial charge on any atom is 0.213 e. The number of hydrogen-bond acceptors (Lipinski definition) is 4. The van der Waals surface area contributed by atoms with E-state index in [-0.39, 0.29) is 11.0 Å². The van der Waals surface area contributed by atoms with E-state index in [4.69, 9.17) is 0 Å². The van der Waals surface area contributed by atoms with E-state index in [9.17, 15) is 10.1 Å². The van der Waals surface area contributed by atoms with Gasteiger partial charge in [-0.05, 0) is 58.8 Å². The summed E-state index contributed by atoms with van der Waals surface area (Å²) in [6, 6.07) is 0.470. The molecule has 1 aliphatic heterocycles. The average molecular weight is 269 g/mol. The monoisotopic (exact) mass is 269 g/mol. The fourth-order valence-corrected chi connectivity index (χ4v) is 3.52. The maximum atomic E-state index is 10.7. The van der Waals surface area contributed by atoms with Crippen molar-refractivity contribution in [2.45, 2.75) is 50.6 Å². The fourth-order valence-electron chi connectivity index (χ4n) is 3.52. The van der Waals surface area contributed by atoms with Gasteiger partial charge >= 0.3 is 0 Å². The van der Waals surface area contributed by atoms with Crippen LogP contribution in [0.4, 0.5) is 0 Å². The van der Waals surface area contributed by atoms with Crippen LogP contribution >= 0.6 is 0 Å². The summed E-state index contributed by atoms with van der Waals surface area (Å²) in [6.07, 6.45) is 6.17. The highest BCUT2D eigenvalue weighted by molar-refractivity contribution is 4.80. The molecule has 110 valence electrons. The van der Waals surface area contributed by atoms with Crippen molar-refractivity contribution in [3.63, 3.8) is 0 Å². The number of nitro groups is 1. The highest BCUT2D eigenvalue weighted by Gasteiger charge is 2.30. The minimum atomic E-state index is -0.268. The first-order valence-corrected chi connectivity index (χ1v) is 7.58. The van der Waals surface area contributed by atoms with Crippen LogP contribution in [0.25, 0.3) is 0 Å². The van der Waals surface area contributed by atoms with Crippen LogP contribution in [-0.2, 0) is 0 Å². The molecule has 0 unspecified atom stereocenters. The van der Waals surface area contributed by atoms with E-state index in [2.05, 4.69) is 23.9 Å². The molecule has 0 aromatic carbocycles. The molecule has 0 N–H and O–H groups in total. The summed E-state index contributed by atoms with van der Waals surface area (Å²) in [5.41, 5.74) is 0. The Balaban J connectivity index is 1.68. The zero-order valence-electron chi connectivity index (χ0n) is 12.3. The second-order valence-corrected chi connectivity index (χ2v) is 6.46. The lowest BCUT2D eigenvalue weighted by molar-refractivity contribution is -0.527. The minimum Gasteiger partial charge on any atom is -0.306 e. The van der Waals surface area contributed by atoms with E-state index >= 15 is 0 Å². The van der Waals surface area contributed by atoms with Crippen molar-refractivity contribution in [1.29, 1.82) is 0 Å². The molecule has 0 spiro atoms. The van der Waals surface area contributed by atoms with Gasteiger partial charge in [-0.15, -0.1) is 0 Å². The van der Waals surface area contributed by atoms with Gasteiger partial charge < -0.3 is 9.80 Å². The summed E-state index contributed by atoms with van der Waals surface area (Å²) in [5, 5.41) is 10.7. The van der Waals surface area contributed by atoms with Gasteiger partial charge in [-0.2, -0.15) is 0 Å². The molecule has 1 aliphatic carbocycles. The Morgan fingerprint density at radius 2 is 1.68 bits per heavy atom. The molecule has 19 heavy (non-hydrogen) atoms. The molecule has 1 heterocycles. The van der Waals surface area contributed by atoms with Crippen molar-refractivity contribution in [2.24, 2.45) is 5.92 Å². The number of rotatable bonds is 4. The van der Waals surface area contributed by atoms with Crippen LogP contribution < -0.4 is 0 Å². The molecule has 0 bridgehead atoms. The van der Waals surface area contributed by atoms with E-state index in [0.717, 1.165) is 38.3 Å². The SMILES string of the molecule is CN(C)C1CCN(CC2CCC([N+](=O)[O-])CC2)CC1. The summed E-state index contributed by atoms with van der Waals surface area (Å²) < 4.78 is 0. The number of piperidine rings is 1. The van der Waals surface area contributed by atoms with Crippen LogP contribution in [0, 0.1) is 16.0 Å². The lowest BCUT2D eigenvalue weighted by Crippen LogP contribution is -2.44. The zero-order valence-corrected chi connectivity index (χ0v) is 12.3. The molecule has 1 saturated carbocycles. The fraction of sp³-hybridized carbons (Fsp3) is 1.00. The number of likely N-dealkylation sites (tertiary alicyclic amines) is 1. The van der Waals surface area contributed by atoms with Crippen LogP contribution in [0.3, 0.4) is 0 Å². The number of hydrogen-bond donors (Lipinski definition) is 0. The second kappa shape index (κ2) is 6.66. The number of nitrogens with zero attached hydrogens (tertiary/aromatic N) is 3. The summed E-state index contributed by atoms with van der Waals surface area (Å²) in [7, 11) is 4.33. The van der Waals surface area contributed by atoms with Crippen molar-refractivity contribution in [1.82, 2.24) is 9.80 Å². The van der Waals surface area contributed by atoms with Crippen molar-refractivity contribution < 1.29 is 4.92 Å². The van der Waals surface area contributed by atoms with Crippen molar-refractivity contribution in [2.75, 3.05) is 33.7 Å². The van der Waals surface area contributed by atoms with Crippen molar-refractivity contribution >= 4 is 0 Å². The third-order valence-electron chi connectivity index (χ3n) is 4.92. The molecule has 5 nitrogen and oxygen atoms in total. The molecule has 1 saturated heterocycles. The summed E-state index contributed by atoms with van der Waals surface area (Å²) in [5.74, 6) is 0.687. The predicted molar refractivity (Wildman–Crippen MR) is 75.9 cm³/mol. The van der Waals surface area contributed by atoms with Crippen LogP contribution in [0.15, 0.2) is 0 Å². The van der Waals surface area contributed by atoms with Gasteiger partial charge in [0.1, 0.15) is 0 Å². The highest BCUT2D eigenvalue weighted by atomic mass is 16.6. The van der Waals surface area contributed by atoms with Gasteiger partial charge in [-0.25, -0.2) is 0 Å². The van der Waals surface area contributed by atoms with Gasteiger partial charge in [0.05, 0.1) is 0 Å². The Kier molecular flexibility index (Phi) is 5.16. The van der Waals surface area contributed by atoms with Gasteiger partial charge in [-0.3, -0.25) is 10.1 Å². The first-order valence-electron chi connectivity index (χ1n) is 7.58. The van der Waals surface area contributed by atoms with Crippen LogP contribution in [0.1, 0.15) is 38.5 Å². The first kappa shape index (κ1) is 14.7. The minimum absolute atomic E-state index is 0.0845. The molecule has 2 fully saturated rings.